The Hall–Kier alpha value is -0.500. The Bertz CT molecular complexity index is 95.1. The summed E-state index contributed by atoms with van der Waals surface area (Å²) < 4.78 is 0. The quantitative estimate of drug-likeness (QED) is 0.319. The highest BCUT2D eigenvalue weighted by Gasteiger charge is 1.95. The molecule has 0 N–H and O–H groups in total. The van der Waals surface area contributed by atoms with Gasteiger partial charge in [-0.2, -0.15) is 0 Å². The molecule has 3 heteroatoms. The van der Waals surface area contributed by atoms with Crippen LogP contribution in [0.4, 0.5) is 0 Å². The van der Waals surface area contributed by atoms with E-state index in [4.69, 9.17) is 11.6 Å². The van der Waals surface area contributed by atoms with Crippen LogP contribution in [0.5, 0.6) is 0 Å². The fraction of sp³-hybridized carbons (Fsp3) is 0.500. The fourth-order valence-corrected chi connectivity index (χ4v) is 0.636. The highest BCUT2D eigenvalue weighted by atomic mass is 35.5. The van der Waals surface area contributed by atoms with Crippen LogP contribution in [-0.4, -0.2) is 30.3 Å². The van der Waals surface area contributed by atoms with Gasteiger partial charge in [-0.1, -0.05) is 6.08 Å². The zero-order valence-corrected chi connectivity index (χ0v) is 5.90. The Labute approximate surface area is 60.1 Å². The van der Waals surface area contributed by atoms with Gasteiger partial charge in [0.25, 0.3) is 0 Å². The van der Waals surface area contributed by atoms with Crippen molar-refractivity contribution < 1.29 is 4.79 Å². The van der Waals surface area contributed by atoms with Crippen molar-refractivity contribution in [3.05, 3.63) is 12.7 Å². The summed E-state index contributed by atoms with van der Waals surface area (Å²) in [6.45, 7) is 4.53. The minimum atomic E-state index is 0.448. The van der Waals surface area contributed by atoms with E-state index in [1.165, 1.54) is 4.90 Å². The number of hydrogen-bond donors (Lipinski definition) is 0. The highest BCUT2D eigenvalue weighted by molar-refractivity contribution is 6.18. The average molecular weight is 147 g/mol. The molecule has 51 valence electrons. The SMILES string of the molecule is C=CCN([C]=O)CCCl. The second-order valence-corrected chi connectivity index (χ2v) is 1.89. The van der Waals surface area contributed by atoms with Gasteiger partial charge in [0.2, 0.25) is 0 Å². The Morgan fingerprint density at radius 1 is 1.78 bits per heavy atom. The predicted octanol–water partition coefficient (Wildman–Crippen LogP) is 0.780. The minimum absolute atomic E-state index is 0.448. The van der Waals surface area contributed by atoms with E-state index in [2.05, 4.69) is 6.58 Å². The number of hydrogen-bond acceptors (Lipinski definition) is 1. The van der Waals surface area contributed by atoms with Gasteiger partial charge >= 0.3 is 6.41 Å². The van der Waals surface area contributed by atoms with Gasteiger partial charge in [-0.05, 0) is 0 Å². The van der Waals surface area contributed by atoms with E-state index >= 15 is 0 Å². The Morgan fingerprint density at radius 3 is 2.78 bits per heavy atom. The number of rotatable bonds is 5. The maximum absolute atomic E-state index is 9.98. The van der Waals surface area contributed by atoms with Gasteiger partial charge in [-0.25, -0.2) is 0 Å². The molecule has 0 aliphatic heterocycles. The summed E-state index contributed by atoms with van der Waals surface area (Å²) >= 11 is 5.36. The maximum Gasteiger partial charge on any atom is 0.312 e. The van der Waals surface area contributed by atoms with Crippen molar-refractivity contribution in [1.82, 2.24) is 4.90 Å². The molecule has 0 heterocycles. The molecule has 9 heavy (non-hydrogen) atoms. The van der Waals surface area contributed by atoms with E-state index in [0.29, 0.717) is 19.0 Å². The standard InChI is InChI=1S/C6H9ClNO/c1-2-4-8(6-9)5-3-7/h2H,1,3-5H2. The first-order chi connectivity index (χ1) is 4.35. The average Bonchev–Trinajstić information content (AvgIpc) is 1.88. The monoisotopic (exact) mass is 146 g/mol. The van der Waals surface area contributed by atoms with Crippen molar-refractivity contribution >= 4 is 18.0 Å². The number of nitrogens with zero attached hydrogens (tertiary/aromatic N) is 1. The molecule has 0 aromatic rings. The van der Waals surface area contributed by atoms with Crippen molar-refractivity contribution in [3.63, 3.8) is 0 Å². The summed E-state index contributed by atoms with van der Waals surface area (Å²) in [5.74, 6) is 0.448. The van der Waals surface area contributed by atoms with Crippen molar-refractivity contribution in [2.45, 2.75) is 0 Å². The molecule has 2 nitrogen and oxygen atoms in total. The molecule has 0 aromatic carbocycles. The number of carbonyl (C=O) groups excluding carboxylic acids is 1. The molecule has 0 atom stereocenters. The van der Waals surface area contributed by atoms with Crippen LogP contribution in [0.1, 0.15) is 0 Å². The van der Waals surface area contributed by atoms with Crippen molar-refractivity contribution in [2.24, 2.45) is 0 Å². The topological polar surface area (TPSA) is 20.3 Å². The van der Waals surface area contributed by atoms with Crippen LogP contribution in [-0.2, 0) is 4.79 Å². The summed E-state index contributed by atoms with van der Waals surface area (Å²) in [5.41, 5.74) is 0. The second-order valence-electron chi connectivity index (χ2n) is 1.51. The van der Waals surface area contributed by atoms with Gasteiger partial charge < -0.3 is 4.90 Å². The highest BCUT2D eigenvalue weighted by Crippen LogP contribution is 1.84. The third-order valence-electron chi connectivity index (χ3n) is 0.833. The second kappa shape index (κ2) is 5.63. The lowest BCUT2D eigenvalue weighted by Gasteiger charge is -2.09. The lowest BCUT2D eigenvalue weighted by Crippen LogP contribution is -2.23. The summed E-state index contributed by atoms with van der Waals surface area (Å²) in [5, 5.41) is 0. The van der Waals surface area contributed by atoms with Crippen LogP contribution in [0.15, 0.2) is 12.7 Å². The van der Waals surface area contributed by atoms with E-state index in [1.54, 1.807) is 12.5 Å². The van der Waals surface area contributed by atoms with Crippen LogP contribution < -0.4 is 0 Å². The summed E-state index contributed by atoms with van der Waals surface area (Å²) in [7, 11) is 0. The largest absolute Gasteiger partial charge is 0.330 e. The molecule has 0 aromatic heterocycles. The molecular weight excluding hydrogens is 138 g/mol. The molecule has 1 amide bonds. The normalized spacial score (nSPS) is 8.56. The fourth-order valence-electron chi connectivity index (χ4n) is 0.432. The van der Waals surface area contributed by atoms with Crippen molar-refractivity contribution in [1.29, 1.82) is 0 Å². The zero-order chi connectivity index (χ0) is 7.11. The van der Waals surface area contributed by atoms with Crippen LogP contribution in [0, 0.1) is 0 Å². The van der Waals surface area contributed by atoms with E-state index in [1.807, 2.05) is 0 Å². The maximum atomic E-state index is 9.98. The summed E-state index contributed by atoms with van der Waals surface area (Å²) in [4.78, 5) is 11.4. The smallest absolute Gasteiger partial charge is 0.312 e. The van der Waals surface area contributed by atoms with Gasteiger partial charge in [0.1, 0.15) is 0 Å². The van der Waals surface area contributed by atoms with E-state index in [0.717, 1.165) is 0 Å². The van der Waals surface area contributed by atoms with Gasteiger partial charge in [-0.15, -0.1) is 18.2 Å². The van der Waals surface area contributed by atoms with Gasteiger partial charge in [0, 0.05) is 19.0 Å². The third kappa shape index (κ3) is 4.03. The first-order valence-electron chi connectivity index (χ1n) is 2.64. The molecule has 0 bridgehead atoms. The zero-order valence-electron chi connectivity index (χ0n) is 5.14. The molecule has 0 aliphatic rings. The van der Waals surface area contributed by atoms with E-state index < -0.39 is 0 Å². The summed E-state index contributed by atoms with van der Waals surface area (Å²) in [6.07, 6.45) is 3.37. The molecule has 0 unspecified atom stereocenters. The molecule has 0 rings (SSSR count). The van der Waals surface area contributed by atoms with Crippen LogP contribution in [0.25, 0.3) is 0 Å². The number of alkyl halides is 1. The molecule has 0 saturated heterocycles. The molecule has 1 radical (unpaired) electrons. The van der Waals surface area contributed by atoms with Gasteiger partial charge in [-0.3, -0.25) is 4.79 Å². The molecule has 0 aliphatic carbocycles. The molecule has 0 spiro atoms. The minimum Gasteiger partial charge on any atom is -0.330 e. The third-order valence-corrected chi connectivity index (χ3v) is 1.00. The Kier molecular flexibility index (Phi) is 5.32. The van der Waals surface area contributed by atoms with Crippen LogP contribution in [0.2, 0.25) is 0 Å². The lowest BCUT2D eigenvalue weighted by atomic mass is 10.5. The Balaban J connectivity index is 3.40. The first-order valence-corrected chi connectivity index (χ1v) is 3.18. The van der Waals surface area contributed by atoms with E-state index in [9.17, 15) is 4.79 Å². The summed E-state index contributed by atoms with van der Waals surface area (Å²) in [6, 6.07) is 0. The molecule has 0 fully saturated rings. The van der Waals surface area contributed by atoms with Crippen molar-refractivity contribution in [3.8, 4) is 0 Å². The number of amides is 1. The van der Waals surface area contributed by atoms with Gasteiger partial charge in [0.15, 0.2) is 0 Å². The molecule has 0 saturated carbocycles. The van der Waals surface area contributed by atoms with E-state index in [-0.39, 0.29) is 0 Å². The predicted molar refractivity (Wildman–Crippen MR) is 38.2 cm³/mol. The Morgan fingerprint density at radius 2 is 2.44 bits per heavy atom. The first kappa shape index (κ1) is 8.50. The van der Waals surface area contributed by atoms with Gasteiger partial charge in [0.05, 0.1) is 0 Å². The van der Waals surface area contributed by atoms with Crippen LogP contribution >= 0.6 is 11.6 Å². The lowest BCUT2D eigenvalue weighted by molar-refractivity contribution is 0.425. The van der Waals surface area contributed by atoms with Crippen molar-refractivity contribution in [2.75, 3.05) is 19.0 Å². The number of halogens is 1. The van der Waals surface area contributed by atoms with Crippen LogP contribution in [0.3, 0.4) is 0 Å². The molecular formula is C6H9ClNO.